The normalized spacial score (nSPS) is 15.0. The van der Waals surface area contributed by atoms with E-state index < -0.39 is 17.8 Å². The minimum Gasteiger partial charge on any atom is -0.487 e. The number of fused-ring (bicyclic) bond motifs is 1. The Morgan fingerprint density at radius 2 is 1.90 bits per heavy atom. The van der Waals surface area contributed by atoms with Crippen molar-refractivity contribution in [1.29, 1.82) is 0 Å². The summed E-state index contributed by atoms with van der Waals surface area (Å²) in [6.45, 7) is 3.84. The van der Waals surface area contributed by atoms with Crippen molar-refractivity contribution in [3.63, 3.8) is 0 Å². The van der Waals surface area contributed by atoms with Gasteiger partial charge < -0.3 is 9.47 Å². The van der Waals surface area contributed by atoms with E-state index in [9.17, 15) is 14.0 Å². The lowest BCUT2D eigenvalue weighted by Gasteiger charge is -2.24. The van der Waals surface area contributed by atoms with Gasteiger partial charge in [-0.1, -0.05) is 53.3 Å². The molecule has 1 aromatic heterocycles. The highest BCUT2D eigenvalue weighted by Gasteiger charge is 2.33. The number of hydrogen-bond donors (Lipinski definition) is 0. The molecule has 6 nitrogen and oxygen atoms in total. The molecule has 0 fully saturated rings. The van der Waals surface area contributed by atoms with Crippen LogP contribution in [0.1, 0.15) is 36.6 Å². The van der Waals surface area contributed by atoms with Crippen LogP contribution in [-0.4, -0.2) is 17.1 Å². The molecule has 0 saturated carbocycles. The summed E-state index contributed by atoms with van der Waals surface area (Å²) in [5.41, 5.74) is 2.49. The maximum atomic E-state index is 14.0. The Bertz CT molecular complexity index is 1870. The zero-order chi connectivity index (χ0) is 29.3. The molecule has 1 atom stereocenters. The monoisotopic (exact) mass is 814 g/mol. The van der Waals surface area contributed by atoms with Crippen LogP contribution in [0, 0.1) is 13.0 Å². The van der Waals surface area contributed by atoms with Crippen molar-refractivity contribution in [2.45, 2.75) is 26.5 Å². The lowest BCUT2D eigenvalue weighted by atomic mass is 9.96. The molecule has 2 heterocycles. The van der Waals surface area contributed by atoms with Crippen molar-refractivity contribution in [3.8, 4) is 5.75 Å². The van der Waals surface area contributed by atoms with Crippen LogP contribution in [0.2, 0.25) is 5.02 Å². The zero-order valence-electron chi connectivity index (χ0n) is 21.8. The fourth-order valence-electron chi connectivity index (χ4n) is 4.50. The number of allylic oxidation sites excluding steroid dienone is 1. The van der Waals surface area contributed by atoms with Crippen molar-refractivity contribution in [2.75, 3.05) is 6.61 Å². The van der Waals surface area contributed by atoms with Crippen LogP contribution in [0.15, 0.2) is 81.7 Å². The van der Waals surface area contributed by atoms with Gasteiger partial charge in [-0.05, 0) is 101 Å². The highest BCUT2D eigenvalue weighted by atomic mass is 127. The summed E-state index contributed by atoms with van der Waals surface area (Å²) in [5.74, 6) is -0.368. The van der Waals surface area contributed by atoms with Crippen LogP contribution in [0.3, 0.4) is 0 Å². The van der Waals surface area contributed by atoms with Gasteiger partial charge >= 0.3 is 5.97 Å². The first-order chi connectivity index (χ1) is 19.7. The molecule has 0 N–H and O–H groups in total. The van der Waals surface area contributed by atoms with Crippen LogP contribution in [0.4, 0.5) is 4.39 Å². The number of ether oxygens (including phenoxy) is 2. The SMILES string of the molecule is CCOC(=O)C1=C(C)N=c2s/c(=C\c3cc(I)cc(I)c3OCc3ccccc3Cl)c(=O)n2[C@@H]1c1ccc(F)cc1. The van der Waals surface area contributed by atoms with Gasteiger partial charge in [0.05, 0.1) is 32.0 Å². The maximum Gasteiger partial charge on any atom is 0.338 e. The number of carbonyl (C=O) groups excluding carboxylic acids is 1. The average molecular weight is 815 g/mol. The molecule has 3 aromatic carbocycles. The molecule has 0 unspecified atom stereocenters. The first-order valence-corrected chi connectivity index (χ1v) is 15.8. The molecule has 0 saturated heterocycles. The second-order valence-corrected chi connectivity index (χ2v) is 12.9. The largest absolute Gasteiger partial charge is 0.487 e. The van der Waals surface area contributed by atoms with Crippen molar-refractivity contribution >= 4 is 80.2 Å². The highest BCUT2D eigenvalue weighted by Crippen LogP contribution is 2.32. The third-order valence-corrected chi connectivity index (χ3v) is 9.13. The Morgan fingerprint density at radius 3 is 2.61 bits per heavy atom. The number of nitrogens with zero attached hydrogens (tertiary/aromatic N) is 2. The molecule has 1 aliphatic heterocycles. The number of carbonyl (C=O) groups is 1. The van der Waals surface area contributed by atoms with E-state index in [1.807, 2.05) is 36.4 Å². The van der Waals surface area contributed by atoms with Crippen LogP contribution in [0.5, 0.6) is 5.75 Å². The maximum absolute atomic E-state index is 14.0. The molecule has 4 aromatic rings. The second kappa shape index (κ2) is 12.8. The number of rotatable bonds is 7. The van der Waals surface area contributed by atoms with E-state index in [1.165, 1.54) is 28.0 Å². The smallest absolute Gasteiger partial charge is 0.338 e. The minimum atomic E-state index is -0.819. The van der Waals surface area contributed by atoms with Crippen molar-refractivity contribution in [3.05, 3.63) is 126 Å². The fourth-order valence-corrected chi connectivity index (χ4v) is 7.77. The summed E-state index contributed by atoms with van der Waals surface area (Å²) >= 11 is 12.0. The number of hydrogen-bond acceptors (Lipinski definition) is 6. The third-order valence-electron chi connectivity index (χ3n) is 6.36. The van der Waals surface area contributed by atoms with Crippen molar-refractivity contribution < 1.29 is 18.7 Å². The Balaban J connectivity index is 1.65. The Labute approximate surface area is 271 Å². The molecule has 41 heavy (non-hydrogen) atoms. The van der Waals surface area contributed by atoms with Crippen LogP contribution in [-0.2, 0) is 16.1 Å². The van der Waals surface area contributed by atoms with E-state index in [2.05, 4.69) is 50.2 Å². The van der Waals surface area contributed by atoms with E-state index in [4.69, 9.17) is 21.1 Å². The summed E-state index contributed by atoms with van der Waals surface area (Å²) in [6.07, 6.45) is 1.78. The first-order valence-electron chi connectivity index (χ1n) is 12.5. The van der Waals surface area contributed by atoms with Crippen LogP contribution in [0.25, 0.3) is 6.08 Å². The van der Waals surface area contributed by atoms with Gasteiger partial charge in [0.1, 0.15) is 18.2 Å². The molecule has 0 amide bonds. The predicted octanol–water partition coefficient (Wildman–Crippen LogP) is 6.38. The summed E-state index contributed by atoms with van der Waals surface area (Å²) in [6, 6.07) is 16.3. The first kappa shape index (κ1) is 29.9. The molecule has 1 aliphatic rings. The van der Waals surface area contributed by atoms with E-state index in [-0.39, 0.29) is 24.3 Å². The Kier molecular flexibility index (Phi) is 9.31. The van der Waals surface area contributed by atoms with Crippen molar-refractivity contribution in [2.24, 2.45) is 4.99 Å². The quantitative estimate of drug-likeness (QED) is 0.161. The van der Waals surface area contributed by atoms with Gasteiger partial charge in [-0.25, -0.2) is 14.2 Å². The molecule has 11 heteroatoms. The number of aromatic nitrogens is 1. The lowest BCUT2D eigenvalue weighted by molar-refractivity contribution is -0.139. The molecule has 0 spiro atoms. The summed E-state index contributed by atoms with van der Waals surface area (Å²) < 4.78 is 29.1. The van der Waals surface area contributed by atoms with Gasteiger partial charge in [-0.3, -0.25) is 9.36 Å². The average Bonchev–Trinajstić information content (AvgIpc) is 3.23. The van der Waals surface area contributed by atoms with E-state index in [1.54, 1.807) is 32.1 Å². The van der Waals surface area contributed by atoms with Gasteiger partial charge in [0.15, 0.2) is 4.80 Å². The van der Waals surface area contributed by atoms with Crippen LogP contribution >= 0.6 is 68.1 Å². The summed E-state index contributed by atoms with van der Waals surface area (Å²) in [4.78, 5) is 32.1. The fraction of sp³-hybridized carbons (Fsp3) is 0.167. The molecular formula is C30H22ClFI2N2O4S. The summed E-state index contributed by atoms with van der Waals surface area (Å²) in [5, 5.41) is 0.608. The van der Waals surface area contributed by atoms with Gasteiger partial charge in [0.25, 0.3) is 5.56 Å². The van der Waals surface area contributed by atoms with Gasteiger partial charge in [0, 0.05) is 19.7 Å². The number of halogens is 4. The molecular weight excluding hydrogens is 793 g/mol. The second-order valence-electron chi connectivity index (χ2n) is 9.04. The van der Waals surface area contributed by atoms with E-state index in [0.717, 1.165) is 18.3 Å². The predicted molar refractivity (Wildman–Crippen MR) is 174 cm³/mol. The molecule has 5 rings (SSSR count). The molecule has 0 aliphatic carbocycles. The third kappa shape index (κ3) is 6.30. The number of benzene rings is 3. The summed E-state index contributed by atoms with van der Waals surface area (Å²) in [7, 11) is 0. The standard InChI is InChI=1S/C30H22ClFI2N2O4S/c1-3-39-29(38)25-16(2)35-30-36(26(25)17-8-10-20(32)11-9-17)28(37)24(41-30)13-19-12-21(33)14-23(34)27(19)40-15-18-6-4-5-7-22(18)31/h4-14,26H,3,15H2,1-2H3/b24-13-/t26-/m1/s1. The zero-order valence-corrected chi connectivity index (χ0v) is 27.7. The van der Waals surface area contributed by atoms with Crippen molar-refractivity contribution in [1.82, 2.24) is 4.57 Å². The Hall–Kier alpha value is -2.55. The molecule has 0 radical (unpaired) electrons. The van der Waals surface area contributed by atoms with Gasteiger partial charge in [-0.15, -0.1) is 0 Å². The number of esters is 1. The van der Waals surface area contributed by atoms with E-state index >= 15 is 0 Å². The lowest BCUT2D eigenvalue weighted by Crippen LogP contribution is -2.39. The minimum absolute atomic E-state index is 0.165. The van der Waals surface area contributed by atoms with Gasteiger partial charge in [0.2, 0.25) is 0 Å². The van der Waals surface area contributed by atoms with E-state index in [0.29, 0.717) is 31.4 Å². The van der Waals surface area contributed by atoms with Gasteiger partial charge in [-0.2, -0.15) is 0 Å². The van der Waals surface area contributed by atoms with Crippen LogP contribution < -0.4 is 19.6 Å². The highest BCUT2D eigenvalue weighted by molar-refractivity contribution is 14.1. The molecule has 210 valence electrons. The Morgan fingerprint density at radius 1 is 1.17 bits per heavy atom. The topological polar surface area (TPSA) is 69.9 Å². The molecule has 0 bridgehead atoms. The number of thiazole rings is 1.